The van der Waals surface area contributed by atoms with Gasteiger partial charge in [0.2, 0.25) is 0 Å². The van der Waals surface area contributed by atoms with Crippen molar-refractivity contribution in [2.24, 2.45) is 0 Å². The molecule has 2 aromatic rings. The summed E-state index contributed by atoms with van der Waals surface area (Å²) in [4.78, 5) is 10.9. The number of aromatic carboxylic acids is 1. The third-order valence-electron chi connectivity index (χ3n) is 1.91. The molecule has 1 aromatic heterocycles. The van der Waals surface area contributed by atoms with Crippen LogP contribution in [0.3, 0.4) is 0 Å². The summed E-state index contributed by atoms with van der Waals surface area (Å²) in [6.45, 7) is 0. The fourth-order valence-corrected chi connectivity index (χ4v) is 1.24. The van der Waals surface area contributed by atoms with Crippen LogP contribution in [0.15, 0.2) is 30.9 Å². The second-order valence-corrected chi connectivity index (χ2v) is 2.88. The van der Waals surface area contributed by atoms with Crippen molar-refractivity contribution in [3.05, 3.63) is 36.4 Å². The molecule has 1 heterocycles. The molecule has 0 saturated carbocycles. The first-order valence-corrected chi connectivity index (χ1v) is 4.10. The Bertz CT molecular complexity index is 493. The SMILES string of the molecule is O=C(O)c1ccc(O)cc1-n1cnnc1. The van der Waals surface area contributed by atoms with E-state index in [9.17, 15) is 9.90 Å². The van der Waals surface area contributed by atoms with Crippen LogP contribution in [0.1, 0.15) is 10.4 Å². The van der Waals surface area contributed by atoms with E-state index >= 15 is 0 Å². The quantitative estimate of drug-likeness (QED) is 0.752. The second-order valence-electron chi connectivity index (χ2n) is 2.88. The summed E-state index contributed by atoms with van der Waals surface area (Å²) in [6, 6.07) is 3.98. The Kier molecular flexibility index (Phi) is 2.09. The zero-order valence-corrected chi connectivity index (χ0v) is 7.53. The zero-order chi connectivity index (χ0) is 10.8. The van der Waals surface area contributed by atoms with Gasteiger partial charge < -0.3 is 10.2 Å². The molecule has 1 aromatic carbocycles. The number of carboxylic acid groups (broad SMARTS) is 1. The van der Waals surface area contributed by atoms with E-state index in [4.69, 9.17) is 5.11 Å². The minimum absolute atomic E-state index is 0.0105. The Labute approximate surface area is 84.4 Å². The molecule has 0 unspecified atom stereocenters. The van der Waals surface area contributed by atoms with E-state index < -0.39 is 5.97 Å². The van der Waals surface area contributed by atoms with Gasteiger partial charge in [0.05, 0.1) is 11.3 Å². The predicted molar refractivity (Wildman–Crippen MR) is 50.0 cm³/mol. The van der Waals surface area contributed by atoms with Gasteiger partial charge in [0.25, 0.3) is 0 Å². The number of benzene rings is 1. The maximum Gasteiger partial charge on any atom is 0.337 e. The highest BCUT2D eigenvalue weighted by atomic mass is 16.4. The molecule has 15 heavy (non-hydrogen) atoms. The highest BCUT2D eigenvalue weighted by molar-refractivity contribution is 5.92. The molecule has 2 N–H and O–H groups in total. The van der Waals surface area contributed by atoms with Crippen molar-refractivity contribution >= 4 is 5.97 Å². The molecule has 0 bridgehead atoms. The number of nitrogens with zero attached hydrogens (tertiary/aromatic N) is 3. The van der Waals surface area contributed by atoms with Gasteiger partial charge in [-0.05, 0) is 12.1 Å². The first-order chi connectivity index (χ1) is 7.18. The summed E-state index contributed by atoms with van der Waals surface area (Å²) >= 11 is 0. The number of phenolic OH excluding ortho intramolecular Hbond substituents is 1. The van der Waals surface area contributed by atoms with E-state index in [1.807, 2.05) is 0 Å². The van der Waals surface area contributed by atoms with E-state index in [1.54, 1.807) is 0 Å². The summed E-state index contributed by atoms with van der Waals surface area (Å²) < 4.78 is 1.42. The van der Waals surface area contributed by atoms with Gasteiger partial charge in [-0.1, -0.05) is 0 Å². The summed E-state index contributed by atoms with van der Waals surface area (Å²) in [7, 11) is 0. The normalized spacial score (nSPS) is 10.1. The van der Waals surface area contributed by atoms with Gasteiger partial charge in [-0.25, -0.2) is 4.79 Å². The Balaban J connectivity index is 2.63. The Morgan fingerprint density at radius 3 is 2.53 bits per heavy atom. The summed E-state index contributed by atoms with van der Waals surface area (Å²) in [5, 5.41) is 25.3. The van der Waals surface area contributed by atoms with E-state index in [1.165, 1.54) is 35.4 Å². The van der Waals surface area contributed by atoms with E-state index in [0.717, 1.165) is 0 Å². The van der Waals surface area contributed by atoms with Gasteiger partial charge in [-0.15, -0.1) is 10.2 Å². The Morgan fingerprint density at radius 2 is 1.93 bits per heavy atom. The number of aromatic hydroxyl groups is 1. The molecule has 0 aliphatic carbocycles. The fraction of sp³-hybridized carbons (Fsp3) is 0. The first kappa shape index (κ1) is 9.20. The highest BCUT2D eigenvalue weighted by Crippen LogP contribution is 2.20. The first-order valence-electron chi connectivity index (χ1n) is 4.10. The molecule has 0 saturated heterocycles. The molecule has 0 fully saturated rings. The predicted octanol–water partition coefficient (Wildman–Crippen LogP) is 0.671. The molecule has 0 aliphatic heterocycles. The van der Waals surface area contributed by atoms with Gasteiger partial charge in [-0.2, -0.15) is 0 Å². The number of phenols is 1. The van der Waals surface area contributed by atoms with Crippen molar-refractivity contribution in [1.82, 2.24) is 14.8 Å². The number of aromatic nitrogens is 3. The van der Waals surface area contributed by atoms with Gasteiger partial charge in [0.15, 0.2) is 0 Å². The minimum atomic E-state index is -1.07. The van der Waals surface area contributed by atoms with Crippen LogP contribution in [0.25, 0.3) is 5.69 Å². The van der Waals surface area contributed by atoms with Crippen molar-refractivity contribution in [2.45, 2.75) is 0 Å². The number of rotatable bonds is 2. The third-order valence-corrected chi connectivity index (χ3v) is 1.91. The molecule has 0 spiro atoms. The molecule has 0 aliphatic rings. The van der Waals surface area contributed by atoms with Crippen molar-refractivity contribution in [1.29, 1.82) is 0 Å². The molecular formula is C9H7N3O3. The van der Waals surface area contributed by atoms with Crippen molar-refractivity contribution in [2.75, 3.05) is 0 Å². The van der Waals surface area contributed by atoms with Crippen LogP contribution in [-0.2, 0) is 0 Å². The van der Waals surface area contributed by atoms with Gasteiger partial charge in [0.1, 0.15) is 18.4 Å². The van der Waals surface area contributed by atoms with Crippen molar-refractivity contribution in [3.63, 3.8) is 0 Å². The number of carbonyl (C=O) groups is 1. The van der Waals surface area contributed by atoms with Crippen molar-refractivity contribution < 1.29 is 15.0 Å². The molecular weight excluding hydrogens is 198 g/mol. The maximum atomic E-state index is 10.9. The standard InChI is InChI=1S/C9H7N3O3/c13-6-1-2-7(9(14)15)8(3-6)12-4-10-11-5-12/h1-5,13H,(H,14,15). The van der Waals surface area contributed by atoms with Gasteiger partial charge in [0, 0.05) is 6.07 Å². The van der Waals surface area contributed by atoms with Crippen LogP contribution in [-0.4, -0.2) is 30.9 Å². The molecule has 2 rings (SSSR count). The average molecular weight is 205 g/mol. The van der Waals surface area contributed by atoms with Crippen LogP contribution in [0.4, 0.5) is 0 Å². The van der Waals surface area contributed by atoms with Gasteiger partial charge >= 0.3 is 5.97 Å². The molecule has 76 valence electrons. The smallest absolute Gasteiger partial charge is 0.337 e. The lowest BCUT2D eigenvalue weighted by molar-refractivity contribution is 0.0697. The lowest BCUT2D eigenvalue weighted by Crippen LogP contribution is -2.03. The lowest BCUT2D eigenvalue weighted by Gasteiger charge is -2.05. The highest BCUT2D eigenvalue weighted by Gasteiger charge is 2.11. The number of hydrogen-bond donors (Lipinski definition) is 2. The van der Waals surface area contributed by atoms with Crippen molar-refractivity contribution in [3.8, 4) is 11.4 Å². The lowest BCUT2D eigenvalue weighted by atomic mass is 10.1. The summed E-state index contributed by atoms with van der Waals surface area (Å²) in [5.74, 6) is -1.08. The summed E-state index contributed by atoms with van der Waals surface area (Å²) in [5.41, 5.74) is 0.403. The topological polar surface area (TPSA) is 88.2 Å². The van der Waals surface area contributed by atoms with Crippen LogP contribution in [0.2, 0.25) is 0 Å². The zero-order valence-electron chi connectivity index (χ0n) is 7.53. The van der Waals surface area contributed by atoms with E-state index in [0.29, 0.717) is 5.69 Å². The molecule has 0 atom stereocenters. The molecule has 0 radical (unpaired) electrons. The monoisotopic (exact) mass is 205 g/mol. The minimum Gasteiger partial charge on any atom is -0.508 e. The molecule has 0 amide bonds. The van der Waals surface area contributed by atoms with Crippen LogP contribution in [0, 0.1) is 0 Å². The molecule has 6 nitrogen and oxygen atoms in total. The number of carboxylic acids is 1. The van der Waals surface area contributed by atoms with Gasteiger partial charge in [-0.3, -0.25) is 4.57 Å². The number of hydrogen-bond acceptors (Lipinski definition) is 4. The maximum absolute atomic E-state index is 10.9. The average Bonchev–Trinajstić information content (AvgIpc) is 2.69. The van der Waals surface area contributed by atoms with Crippen LogP contribution < -0.4 is 0 Å². The van der Waals surface area contributed by atoms with E-state index in [-0.39, 0.29) is 11.3 Å². The molecule has 6 heteroatoms. The van der Waals surface area contributed by atoms with Crippen LogP contribution in [0.5, 0.6) is 5.75 Å². The summed E-state index contributed by atoms with van der Waals surface area (Å²) in [6.07, 6.45) is 2.72. The Morgan fingerprint density at radius 1 is 1.27 bits per heavy atom. The largest absolute Gasteiger partial charge is 0.508 e. The Hall–Kier alpha value is -2.37. The van der Waals surface area contributed by atoms with E-state index in [2.05, 4.69) is 10.2 Å². The second kappa shape index (κ2) is 3.41. The van der Waals surface area contributed by atoms with Crippen LogP contribution >= 0.6 is 0 Å². The fourth-order valence-electron chi connectivity index (χ4n) is 1.24. The third kappa shape index (κ3) is 1.64.